The highest BCUT2D eigenvalue weighted by atomic mass is 14.9. The minimum absolute atomic E-state index is 0.817. The lowest BCUT2D eigenvalue weighted by Crippen LogP contribution is -2.29. The van der Waals surface area contributed by atoms with Gasteiger partial charge in [-0.05, 0) is 25.3 Å². The van der Waals surface area contributed by atoms with Crippen molar-refractivity contribution in [2.45, 2.75) is 52.0 Å². The molecule has 1 heteroatoms. The Kier molecular flexibility index (Phi) is 3.92. The van der Waals surface area contributed by atoms with Crippen LogP contribution in [0.5, 0.6) is 0 Å². The molecule has 1 atom stereocenters. The highest BCUT2D eigenvalue weighted by Gasteiger charge is 2.24. The van der Waals surface area contributed by atoms with Gasteiger partial charge < -0.3 is 5.32 Å². The lowest BCUT2D eigenvalue weighted by molar-refractivity contribution is 0.438. The Hall–Kier alpha value is -0.0400. The average Bonchev–Trinajstić information content (AvgIpc) is 2.73. The molecular formula is C10H21N. The van der Waals surface area contributed by atoms with E-state index in [0.717, 1.165) is 18.5 Å². The van der Waals surface area contributed by atoms with Gasteiger partial charge in [-0.2, -0.15) is 0 Å². The fraction of sp³-hybridized carbons (Fsp3) is 1.00. The second-order valence-corrected chi connectivity index (χ2v) is 3.72. The molecule has 0 saturated heterocycles. The predicted molar refractivity (Wildman–Crippen MR) is 49.7 cm³/mol. The predicted octanol–water partition coefficient (Wildman–Crippen LogP) is 2.56. The van der Waals surface area contributed by atoms with Gasteiger partial charge in [0.25, 0.3) is 0 Å². The molecule has 66 valence electrons. The first-order chi connectivity index (χ1) is 5.36. The van der Waals surface area contributed by atoms with Crippen molar-refractivity contribution in [2.24, 2.45) is 5.92 Å². The van der Waals surface area contributed by atoms with E-state index in [1.54, 1.807) is 0 Å². The van der Waals surface area contributed by atoms with Crippen molar-refractivity contribution >= 4 is 0 Å². The van der Waals surface area contributed by atoms with Crippen molar-refractivity contribution in [3.8, 4) is 0 Å². The molecule has 0 spiro atoms. The standard InChI is InChI=1S/C10H21N/c1-3-5-10(11-4-2)8-9-6-7-9/h9-11H,3-8H2,1-2H3. The van der Waals surface area contributed by atoms with Crippen molar-refractivity contribution in [1.29, 1.82) is 0 Å². The number of nitrogens with one attached hydrogen (secondary N) is 1. The van der Waals surface area contributed by atoms with E-state index in [-0.39, 0.29) is 0 Å². The molecule has 11 heavy (non-hydrogen) atoms. The maximum Gasteiger partial charge on any atom is 0.00694 e. The first kappa shape index (κ1) is 9.05. The minimum atomic E-state index is 0.817. The van der Waals surface area contributed by atoms with Crippen LogP contribution in [0.4, 0.5) is 0 Å². The molecule has 1 unspecified atom stereocenters. The molecule has 1 N–H and O–H groups in total. The van der Waals surface area contributed by atoms with Gasteiger partial charge in [0.1, 0.15) is 0 Å². The number of hydrogen-bond acceptors (Lipinski definition) is 1. The molecule has 1 rings (SSSR count). The zero-order valence-corrected chi connectivity index (χ0v) is 7.90. The summed E-state index contributed by atoms with van der Waals surface area (Å²) in [7, 11) is 0. The van der Waals surface area contributed by atoms with Crippen molar-refractivity contribution < 1.29 is 0 Å². The summed E-state index contributed by atoms with van der Waals surface area (Å²) in [4.78, 5) is 0. The van der Waals surface area contributed by atoms with Crippen molar-refractivity contribution in [3.05, 3.63) is 0 Å². The van der Waals surface area contributed by atoms with Crippen LogP contribution in [-0.4, -0.2) is 12.6 Å². The largest absolute Gasteiger partial charge is 0.314 e. The Labute approximate surface area is 70.6 Å². The summed E-state index contributed by atoms with van der Waals surface area (Å²) in [6.45, 7) is 5.62. The molecule has 0 amide bonds. The van der Waals surface area contributed by atoms with Gasteiger partial charge in [-0.3, -0.25) is 0 Å². The molecule has 1 saturated carbocycles. The summed E-state index contributed by atoms with van der Waals surface area (Å²) in [5, 5.41) is 3.55. The van der Waals surface area contributed by atoms with E-state index in [1.807, 2.05) is 0 Å². The second-order valence-electron chi connectivity index (χ2n) is 3.72. The van der Waals surface area contributed by atoms with Crippen molar-refractivity contribution in [3.63, 3.8) is 0 Å². The van der Waals surface area contributed by atoms with Crippen LogP contribution in [0.3, 0.4) is 0 Å². The quantitative estimate of drug-likeness (QED) is 0.621. The lowest BCUT2D eigenvalue weighted by Gasteiger charge is -2.15. The van der Waals surface area contributed by atoms with Crippen LogP contribution >= 0.6 is 0 Å². The van der Waals surface area contributed by atoms with Gasteiger partial charge in [0.2, 0.25) is 0 Å². The summed E-state index contributed by atoms with van der Waals surface area (Å²) in [5.74, 6) is 1.07. The highest BCUT2D eigenvalue weighted by molar-refractivity contribution is 4.79. The van der Waals surface area contributed by atoms with Crippen molar-refractivity contribution in [2.75, 3.05) is 6.54 Å². The molecule has 0 aromatic carbocycles. The topological polar surface area (TPSA) is 12.0 Å². The van der Waals surface area contributed by atoms with Crippen LogP contribution in [0.2, 0.25) is 0 Å². The first-order valence-electron chi connectivity index (χ1n) is 5.10. The molecule has 1 aliphatic carbocycles. The zero-order valence-electron chi connectivity index (χ0n) is 7.90. The summed E-state index contributed by atoms with van der Waals surface area (Å²) >= 11 is 0. The zero-order chi connectivity index (χ0) is 8.10. The molecule has 0 bridgehead atoms. The maximum atomic E-state index is 3.55. The van der Waals surface area contributed by atoms with Gasteiger partial charge in [0.15, 0.2) is 0 Å². The highest BCUT2D eigenvalue weighted by Crippen LogP contribution is 2.34. The Morgan fingerprint density at radius 2 is 2.09 bits per heavy atom. The van der Waals surface area contributed by atoms with Gasteiger partial charge in [-0.1, -0.05) is 33.1 Å². The molecular weight excluding hydrogens is 134 g/mol. The van der Waals surface area contributed by atoms with E-state index >= 15 is 0 Å². The van der Waals surface area contributed by atoms with Gasteiger partial charge in [-0.25, -0.2) is 0 Å². The average molecular weight is 155 g/mol. The Morgan fingerprint density at radius 3 is 2.55 bits per heavy atom. The van der Waals surface area contributed by atoms with Crippen LogP contribution < -0.4 is 5.32 Å². The Balaban J connectivity index is 2.08. The third kappa shape index (κ3) is 3.76. The summed E-state index contributed by atoms with van der Waals surface area (Å²) < 4.78 is 0. The van der Waals surface area contributed by atoms with Crippen LogP contribution in [0, 0.1) is 5.92 Å². The van der Waals surface area contributed by atoms with Gasteiger partial charge >= 0.3 is 0 Å². The van der Waals surface area contributed by atoms with Crippen LogP contribution in [0.15, 0.2) is 0 Å². The van der Waals surface area contributed by atoms with E-state index in [0.29, 0.717) is 0 Å². The molecule has 0 aromatic heterocycles. The summed E-state index contributed by atoms with van der Waals surface area (Å²) in [5.41, 5.74) is 0. The fourth-order valence-corrected chi connectivity index (χ4v) is 1.70. The molecule has 0 heterocycles. The smallest absolute Gasteiger partial charge is 0.00694 e. The van der Waals surface area contributed by atoms with Gasteiger partial charge in [-0.15, -0.1) is 0 Å². The van der Waals surface area contributed by atoms with Gasteiger partial charge in [0.05, 0.1) is 0 Å². The molecule has 0 radical (unpaired) electrons. The molecule has 1 aliphatic rings. The normalized spacial score (nSPS) is 20.2. The second kappa shape index (κ2) is 4.76. The van der Waals surface area contributed by atoms with E-state index in [9.17, 15) is 0 Å². The summed E-state index contributed by atoms with van der Waals surface area (Å²) in [6, 6.07) is 0.817. The van der Waals surface area contributed by atoms with Gasteiger partial charge in [0, 0.05) is 6.04 Å². The van der Waals surface area contributed by atoms with Crippen LogP contribution in [-0.2, 0) is 0 Å². The van der Waals surface area contributed by atoms with E-state index < -0.39 is 0 Å². The third-order valence-electron chi connectivity index (χ3n) is 2.44. The minimum Gasteiger partial charge on any atom is -0.314 e. The molecule has 0 aromatic rings. The van der Waals surface area contributed by atoms with Crippen LogP contribution in [0.1, 0.15) is 46.0 Å². The Bertz CT molecular complexity index is 91.0. The molecule has 1 fully saturated rings. The molecule has 1 nitrogen and oxygen atoms in total. The first-order valence-corrected chi connectivity index (χ1v) is 5.10. The monoisotopic (exact) mass is 155 g/mol. The van der Waals surface area contributed by atoms with E-state index in [1.165, 1.54) is 32.1 Å². The van der Waals surface area contributed by atoms with E-state index in [2.05, 4.69) is 19.2 Å². The maximum absolute atomic E-state index is 3.55. The third-order valence-corrected chi connectivity index (χ3v) is 2.44. The molecule has 0 aliphatic heterocycles. The number of rotatable bonds is 6. The summed E-state index contributed by atoms with van der Waals surface area (Å²) in [6.07, 6.45) is 7.10. The SMILES string of the molecule is CCCC(CC1CC1)NCC. The lowest BCUT2D eigenvalue weighted by atomic mass is 10.1. The van der Waals surface area contributed by atoms with Crippen LogP contribution in [0.25, 0.3) is 0 Å². The van der Waals surface area contributed by atoms with Crippen molar-refractivity contribution in [1.82, 2.24) is 5.32 Å². The van der Waals surface area contributed by atoms with E-state index in [4.69, 9.17) is 0 Å². The Morgan fingerprint density at radius 1 is 1.36 bits per heavy atom. The fourth-order valence-electron chi connectivity index (χ4n) is 1.70. The number of hydrogen-bond donors (Lipinski definition) is 1.